The molecule has 0 saturated carbocycles. The largest absolute Gasteiger partial charge is 0.368 e. The molecule has 0 aliphatic heterocycles. The molecule has 1 unspecified atom stereocenters. The van der Waals surface area contributed by atoms with Crippen molar-refractivity contribution in [1.29, 1.82) is 0 Å². The normalized spacial score (nSPS) is 12.4. The lowest BCUT2D eigenvalue weighted by molar-refractivity contribution is 0.769. The van der Waals surface area contributed by atoms with Crippen molar-refractivity contribution in [2.45, 2.75) is 19.4 Å². The second kappa shape index (κ2) is 5.70. The lowest BCUT2D eigenvalue weighted by atomic mass is 10.2. The van der Waals surface area contributed by atoms with Crippen molar-refractivity contribution >= 4 is 23.5 Å². The standard InChI is InChI=1S/C9H16N4S/c1-3-7(6-14-2)12-8-4-5-11-9(10)13-8/h4-5,7H,3,6H2,1-2H3,(H3,10,11,12,13). The minimum Gasteiger partial charge on any atom is -0.368 e. The number of nitrogens with two attached hydrogens (primary N) is 1. The molecule has 0 aromatic carbocycles. The van der Waals surface area contributed by atoms with Gasteiger partial charge >= 0.3 is 0 Å². The van der Waals surface area contributed by atoms with Gasteiger partial charge in [0.2, 0.25) is 5.95 Å². The van der Waals surface area contributed by atoms with Crippen LogP contribution in [-0.4, -0.2) is 28.0 Å². The van der Waals surface area contributed by atoms with E-state index in [1.807, 2.05) is 17.8 Å². The van der Waals surface area contributed by atoms with Crippen molar-refractivity contribution in [3.8, 4) is 0 Å². The highest BCUT2D eigenvalue weighted by molar-refractivity contribution is 7.98. The lowest BCUT2D eigenvalue weighted by Crippen LogP contribution is -2.22. The summed E-state index contributed by atoms with van der Waals surface area (Å²) in [5.74, 6) is 2.19. The molecule has 0 spiro atoms. The SMILES string of the molecule is CCC(CSC)Nc1ccnc(N)n1. The smallest absolute Gasteiger partial charge is 0.221 e. The monoisotopic (exact) mass is 212 g/mol. The van der Waals surface area contributed by atoms with E-state index in [-0.39, 0.29) is 0 Å². The van der Waals surface area contributed by atoms with Gasteiger partial charge in [0.05, 0.1) is 0 Å². The molecule has 5 heteroatoms. The Balaban J connectivity index is 2.57. The molecule has 1 rings (SSSR count). The van der Waals surface area contributed by atoms with E-state index < -0.39 is 0 Å². The van der Waals surface area contributed by atoms with Gasteiger partial charge in [-0.15, -0.1) is 0 Å². The summed E-state index contributed by atoms with van der Waals surface area (Å²) in [7, 11) is 0. The summed E-state index contributed by atoms with van der Waals surface area (Å²) in [5, 5.41) is 3.32. The van der Waals surface area contributed by atoms with Gasteiger partial charge in [-0.1, -0.05) is 6.92 Å². The summed E-state index contributed by atoms with van der Waals surface area (Å²) in [6, 6.07) is 2.28. The van der Waals surface area contributed by atoms with Crippen LogP contribution in [0.25, 0.3) is 0 Å². The van der Waals surface area contributed by atoms with E-state index in [0.29, 0.717) is 12.0 Å². The Morgan fingerprint density at radius 2 is 2.43 bits per heavy atom. The number of thioether (sulfide) groups is 1. The maximum absolute atomic E-state index is 5.48. The van der Waals surface area contributed by atoms with E-state index >= 15 is 0 Å². The van der Waals surface area contributed by atoms with E-state index in [1.165, 1.54) is 0 Å². The molecular weight excluding hydrogens is 196 g/mol. The molecule has 1 heterocycles. The fraction of sp³-hybridized carbons (Fsp3) is 0.556. The highest BCUT2D eigenvalue weighted by Crippen LogP contribution is 2.09. The molecular formula is C9H16N4S. The Morgan fingerprint density at radius 1 is 1.64 bits per heavy atom. The summed E-state index contributed by atoms with van der Waals surface area (Å²) in [6.07, 6.45) is 4.83. The molecule has 4 nitrogen and oxygen atoms in total. The first kappa shape index (κ1) is 11.1. The zero-order valence-electron chi connectivity index (χ0n) is 8.53. The predicted molar refractivity (Wildman–Crippen MR) is 62.5 cm³/mol. The Kier molecular flexibility index (Phi) is 4.52. The van der Waals surface area contributed by atoms with Crippen molar-refractivity contribution in [3.05, 3.63) is 12.3 Å². The van der Waals surface area contributed by atoms with Crippen LogP contribution in [0.2, 0.25) is 0 Å². The zero-order valence-corrected chi connectivity index (χ0v) is 9.34. The number of nitrogens with zero attached hydrogens (tertiary/aromatic N) is 2. The molecule has 3 N–H and O–H groups in total. The van der Waals surface area contributed by atoms with Gasteiger partial charge in [0, 0.05) is 18.0 Å². The second-order valence-electron chi connectivity index (χ2n) is 3.00. The van der Waals surface area contributed by atoms with Crippen LogP contribution in [0, 0.1) is 0 Å². The average molecular weight is 212 g/mol. The molecule has 0 amide bonds. The highest BCUT2D eigenvalue weighted by atomic mass is 32.2. The maximum atomic E-state index is 5.48. The number of hydrogen-bond acceptors (Lipinski definition) is 5. The van der Waals surface area contributed by atoms with Gasteiger partial charge in [-0.25, -0.2) is 4.98 Å². The average Bonchev–Trinajstić information content (AvgIpc) is 2.17. The van der Waals surface area contributed by atoms with Crippen LogP contribution in [0.5, 0.6) is 0 Å². The zero-order chi connectivity index (χ0) is 10.4. The van der Waals surface area contributed by atoms with Gasteiger partial charge in [0.25, 0.3) is 0 Å². The minimum atomic E-state index is 0.314. The Morgan fingerprint density at radius 3 is 3.00 bits per heavy atom. The van der Waals surface area contributed by atoms with Crippen LogP contribution in [0.15, 0.2) is 12.3 Å². The van der Waals surface area contributed by atoms with E-state index in [0.717, 1.165) is 18.0 Å². The summed E-state index contributed by atoms with van der Waals surface area (Å²) < 4.78 is 0. The number of rotatable bonds is 5. The van der Waals surface area contributed by atoms with Crippen LogP contribution in [0.4, 0.5) is 11.8 Å². The third-order valence-corrected chi connectivity index (χ3v) is 2.62. The van der Waals surface area contributed by atoms with Crippen molar-refractivity contribution in [2.24, 2.45) is 0 Å². The summed E-state index contributed by atoms with van der Waals surface area (Å²) >= 11 is 1.82. The Bertz CT molecular complexity index is 279. The Labute approximate surface area is 88.7 Å². The molecule has 0 radical (unpaired) electrons. The van der Waals surface area contributed by atoms with Crippen molar-refractivity contribution < 1.29 is 0 Å². The topological polar surface area (TPSA) is 63.8 Å². The molecule has 1 aromatic rings. The predicted octanol–water partition coefficient (Wildman–Crippen LogP) is 1.61. The molecule has 1 aromatic heterocycles. The molecule has 0 aliphatic rings. The molecule has 0 saturated heterocycles. The summed E-state index contributed by atoms with van der Waals surface area (Å²) in [6.45, 7) is 2.15. The number of hydrogen-bond donors (Lipinski definition) is 2. The van der Waals surface area contributed by atoms with Crippen LogP contribution in [-0.2, 0) is 0 Å². The quantitative estimate of drug-likeness (QED) is 0.776. The fourth-order valence-corrected chi connectivity index (χ4v) is 1.85. The summed E-state index contributed by atoms with van der Waals surface area (Å²) in [4.78, 5) is 7.93. The van der Waals surface area contributed by atoms with Crippen molar-refractivity contribution in [2.75, 3.05) is 23.1 Å². The molecule has 0 bridgehead atoms. The summed E-state index contributed by atoms with van der Waals surface area (Å²) in [5.41, 5.74) is 5.48. The van der Waals surface area contributed by atoms with E-state index in [9.17, 15) is 0 Å². The third-order valence-electron chi connectivity index (χ3n) is 1.89. The molecule has 1 atom stereocenters. The first-order chi connectivity index (χ1) is 6.76. The number of nitrogen functional groups attached to an aromatic ring is 1. The highest BCUT2D eigenvalue weighted by Gasteiger charge is 2.05. The van der Waals surface area contributed by atoms with Gasteiger partial charge in [-0.05, 0) is 18.7 Å². The number of aromatic nitrogens is 2. The molecule has 0 aliphatic carbocycles. The molecule has 78 valence electrons. The number of nitrogens with one attached hydrogen (secondary N) is 1. The van der Waals surface area contributed by atoms with Gasteiger partial charge in [-0.2, -0.15) is 16.7 Å². The van der Waals surface area contributed by atoms with Crippen LogP contribution in [0.1, 0.15) is 13.3 Å². The van der Waals surface area contributed by atoms with Gasteiger partial charge < -0.3 is 11.1 Å². The minimum absolute atomic E-state index is 0.314. The van der Waals surface area contributed by atoms with Gasteiger partial charge in [0.15, 0.2) is 0 Å². The fourth-order valence-electron chi connectivity index (χ4n) is 1.13. The van der Waals surface area contributed by atoms with Crippen molar-refractivity contribution in [3.63, 3.8) is 0 Å². The van der Waals surface area contributed by atoms with Crippen LogP contribution < -0.4 is 11.1 Å². The van der Waals surface area contributed by atoms with Gasteiger partial charge in [-0.3, -0.25) is 0 Å². The number of anilines is 2. The first-order valence-corrected chi connectivity index (χ1v) is 5.99. The molecule has 0 fully saturated rings. The molecule has 14 heavy (non-hydrogen) atoms. The third kappa shape index (κ3) is 3.41. The van der Waals surface area contributed by atoms with E-state index in [2.05, 4.69) is 28.5 Å². The second-order valence-corrected chi connectivity index (χ2v) is 3.92. The lowest BCUT2D eigenvalue weighted by Gasteiger charge is -2.15. The van der Waals surface area contributed by atoms with Gasteiger partial charge in [0.1, 0.15) is 5.82 Å². The maximum Gasteiger partial charge on any atom is 0.221 e. The van der Waals surface area contributed by atoms with E-state index in [1.54, 1.807) is 6.20 Å². The van der Waals surface area contributed by atoms with Crippen molar-refractivity contribution in [1.82, 2.24) is 9.97 Å². The van der Waals surface area contributed by atoms with Crippen LogP contribution >= 0.6 is 11.8 Å². The first-order valence-electron chi connectivity index (χ1n) is 4.60. The van der Waals surface area contributed by atoms with Crippen LogP contribution in [0.3, 0.4) is 0 Å². The van der Waals surface area contributed by atoms with E-state index in [4.69, 9.17) is 5.73 Å². The Hall–Kier alpha value is -0.970.